The SMILES string of the molecule is Cc1nc2c3ccccc3nc(SC(C)C(=O)N3CCNC3=O)n2n1. The molecule has 3 amide bonds. The molecule has 3 aromatic rings. The third-order valence-electron chi connectivity index (χ3n) is 4.01. The van der Waals surface area contributed by atoms with Crippen molar-refractivity contribution in [1.29, 1.82) is 0 Å². The van der Waals surface area contributed by atoms with E-state index in [1.807, 2.05) is 31.2 Å². The van der Waals surface area contributed by atoms with Gasteiger partial charge >= 0.3 is 6.03 Å². The first kappa shape index (κ1) is 15.8. The van der Waals surface area contributed by atoms with Crippen LogP contribution < -0.4 is 5.32 Å². The van der Waals surface area contributed by atoms with E-state index in [0.717, 1.165) is 10.9 Å². The monoisotopic (exact) mass is 356 g/mol. The van der Waals surface area contributed by atoms with Gasteiger partial charge in [-0.25, -0.2) is 14.8 Å². The summed E-state index contributed by atoms with van der Waals surface area (Å²) in [7, 11) is 0. The number of nitrogens with zero attached hydrogens (tertiary/aromatic N) is 5. The van der Waals surface area contributed by atoms with Crippen molar-refractivity contribution in [2.45, 2.75) is 24.3 Å². The van der Waals surface area contributed by atoms with Gasteiger partial charge in [0.15, 0.2) is 10.8 Å². The minimum atomic E-state index is -0.467. The smallest absolute Gasteiger partial charge is 0.324 e. The molecular formula is C16H16N6O2S. The van der Waals surface area contributed by atoms with Gasteiger partial charge in [-0.15, -0.1) is 5.10 Å². The number of fused-ring (bicyclic) bond motifs is 3. The van der Waals surface area contributed by atoms with Gasteiger partial charge in [-0.1, -0.05) is 23.9 Å². The fourth-order valence-corrected chi connectivity index (χ4v) is 3.74. The van der Waals surface area contributed by atoms with E-state index in [0.29, 0.717) is 29.7 Å². The number of thioether (sulfide) groups is 1. The third kappa shape index (κ3) is 2.70. The van der Waals surface area contributed by atoms with Gasteiger partial charge in [-0.2, -0.15) is 4.52 Å². The molecule has 0 aliphatic carbocycles. The zero-order valence-electron chi connectivity index (χ0n) is 13.8. The molecule has 1 unspecified atom stereocenters. The van der Waals surface area contributed by atoms with Crippen LogP contribution in [0.2, 0.25) is 0 Å². The standard InChI is InChI=1S/C16H16N6O2S/c1-9(14(23)21-8-7-17-15(21)24)25-16-19-12-6-4-3-5-11(12)13-18-10(2)20-22(13)16/h3-6,9H,7-8H2,1-2H3,(H,17,24). The highest BCUT2D eigenvalue weighted by atomic mass is 32.2. The van der Waals surface area contributed by atoms with Crippen molar-refractivity contribution in [3.05, 3.63) is 30.1 Å². The summed E-state index contributed by atoms with van der Waals surface area (Å²) in [6.07, 6.45) is 0. The van der Waals surface area contributed by atoms with Crippen LogP contribution in [0.25, 0.3) is 16.6 Å². The molecule has 1 N–H and O–H groups in total. The first-order chi connectivity index (χ1) is 12.0. The van der Waals surface area contributed by atoms with E-state index in [1.54, 1.807) is 11.4 Å². The number of benzene rings is 1. The Kier molecular flexibility index (Phi) is 3.79. The molecule has 1 fully saturated rings. The van der Waals surface area contributed by atoms with Crippen LogP contribution in [0.3, 0.4) is 0 Å². The number of carbonyl (C=O) groups excluding carboxylic acids is 2. The van der Waals surface area contributed by atoms with Crippen molar-refractivity contribution in [3.63, 3.8) is 0 Å². The highest BCUT2D eigenvalue weighted by molar-refractivity contribution is 8.00. The molecule has 9 heteroatoms. The van der Waals surface area contributed by atoms with Gasteiger partial charge in [0.05, 0.1) is 10.8 Å². The number of hydrogen-bond acceptors (Lipinski definition) is 6. The number of nitrogens with one attached hydrogen (secondary N) is 1. The summed E-state index contributed by atoms with van der Waals surface area (Å²) < 4.78 is 1.66. The van der Waals surface area contributed by atoms with Crippen LogP contribution >= 0.6 is 11.8 Å². The molecule has 0 bridgehead atoms. The number of imide groups is 1. The Morgan fingerprint density at radius 3 is 2.88 bits per heavy atom. The van der Waals surface area contributed by atoms with Gasteiger partial charge in [0, 0.05) is 18.5 Å². The Bertz CT molecular complexity index is 1000. The van der Waals surface area contributed by atoms with Crippen LogP contribution in [0.15, 0.2) is 29.4 Å². The molecule has 0 spiro atoms. The highest BCUT2D eigenvalue weighted by Crippen LogP contribution is 2.27. The molecule has 4 rings (SSSR count). The number of hydrogen-bond donors (Lipinski definition) is 1. The number of carbonyl (C=O) groups is 2. The topological polar surface area (TPSA) is 92.5 Å². The summed E-state index contributed by atoms with van der Waals surface area (Å²) in [5.41, 5.74) is 1.51. The predicted molar refractivity (Wildman–Crippen MR) is 93.5 cm³/mol. The minimum absolute atomic E-state index is 0.236. The minimum Gasteiger partial charge on any atom is -0.336 e. The van der Waals surface area contributed by atoms with Crippen LogP contribution in [0.4, 0.5) is 4.79 Å². The summed E-state index contributed by atoms with van der Waals surface area (Å²) in [5, 5.41) is 8.07. The predicted octanol–water partition coefficient (Wildman–Crippen LogP) is 1.62. The quantitative estimate of drug-likeness (QED) is 0.566. The van der Waals surface area contributed by atoms with Crippen LogP contribution in [0.1, 0.15) is 12.7 Å². The van der Waals surface area contributed by atoms with Gasteiger partial charge in [0.25, 0.3) is 0 Å². The van der Waals surface area contributed by atoms with Crippen molar-refractivity contribution < 1.29 is 9.59 Å². The third-order valence-corrected chi connectivity index (χ3v) is 5.04. The first-order valence-corrected chi connectivity index (χ1v) is 8.80. The molecule has 1 aliphatic rings. The molecule has 1 aromatic carbocycles. The highest BCUT2D eigenvalue weighted by Gasteiger charge is 2.31. The molecular weight excluding hydrogens is 340 g/mol. The number of aromatic nitrogens is 4. The molecule has 3 heterocycles. The van der Waals surface area contributed by atoms with E-state index in [4.69, 9.17) is 0 Å². The van der Waals surface area contributed by atoms with Gasteiger partial charge in [0.2, 0.25) is 5.91 Å². The maximum Gasteiger partial charge on any atom is 0.324 e. The molecule has 1 atom stereocenters. The molecule has 8 nitrogen and oxygen atoms in total. The lowest BCUT2D eigenvalue weighted by atomic mass is 10.2. The van der Waals surface area contributed by atoms with Crippen molar-refractivity contribution in [2.75, 3.05) is 13.1 Å². The van der Waals surface area contributed by atoms with Crippen molar-refractivity contribution in [3.8, 4) is 0 Å². The van der Waals surface area contributed by atoms with E-state index in [-0.39, 0.29) is 11.9 Å². The van der Waals surface area contributed by atoms with Gasteiger partial charge in [-0.3, -0.25) is 9.69 Å². The zero-order chi connectivity index (χ0) is 17.6. The molecule has 0 saturated carbocycles. The fraction of sp³-hybridized carbons (Fsp3) is 0.312. The largest absolute Gasteiger partial charge is 0.336 e. The van der Waals surface area contributed by atoms with Crippen molar-refractivity contribution in [1.82, 2.24) is 29.8 Å². The summed E-state index contributed by atoms with van der Waals surface area (Å²) >= 11 is 1.28. The van der Waals surface area contributed by atoms with Crippen LogP contribution in [0.5, 0.6) is 0 Å². The van der Waals surface area contributed by atoms with E-state index < -0.39 is 5.25 Å². The summed E-state index contributed by atoms with van der Waals surface area (Å²) in [5.74, 6) is 0.401. The average Bonchev–Trinajstić information content (AvgIpc) is 3.20. The molecule has 128 valence electrons. The average molecular weight is 356 g/mol. The molecule has 1 aliphatic heterocycles. The first-order valence-electron chi connectivity index (χ1n) is 7.92. The Hall–Kier alpha value is -2.68. The molecule has 25 heavy (non-hydrogen) atoms. The number of urea groups is 1. The lowest BCUT2D eigenvalue weighted by Crippen LogP contribution is -2.39. The normalized spacial score (nSPS) is 15.8. The zero-order valence-corrected chi connectivity index (χ0v) is 14.6. The van der Waals surface area contributed by atoms with Crippen LogP contribution in [-0.4, -0.2) is 54.8 Å². The van der Waals surface area contributed by atoms with Gasteiger partial charge < -0.3 is 5.32 Å². The number of rotatable bonds is 3. The van der Waals surface area contributed by atoms with E-state index in [9.17, 15) is 9.59 Å². The van der Waals surface area contributed by atoms with E-state index in [2.05, 4.69) is 20.4 Å². The lowest BCUT2D eigenvalue weighted by molar-refractivity contribution is -0.126. The maximum atomic E-state index is 12.5. The van der Waals surface area contributed by atoms with Gasteiger partial charge in [0.1, 0.15) is 5.82 Å². The summed E-state index contributed by atoms with van der Waals surface area (Å²) in [4.78, 5) is 34.6. The lowest BCUT2D eigenvalue weighted by Gasteiger charge is -2.17. The molecule has 0 radical (unpaired) electrons. The van der Waals surface area contributed by atoms with Crippen LogP contribution in [0, 0.1) is 6.92 Å². The summed E-state index contributed by atoms with van der Waals surface area (Å²) in [6, 6.07) is 7.35. The second kappa shape index (κ2) is 5.99. The Morgan fingerprint density at radius 2 is 2.12 bits per heavy atom. The fourth-order valence-electron chi connectivity index (χ4n) is 2.82. The second-order valence-electron chi connectivity index (χ2n) is 5.79. The number of para-hydroxylation sites is 1. The van der Waals surface area contributed by atoms with Crippen molar-refractivity contribution >= 4 is 40.3 Å². The van der Waals surface area contributed by atoms with E-state index in [1.165, 1.54) is 16.7 Å². The Balaban J connectivity index is 1.72. The van der Waals surface area contributed by atoms with E-state index >= 15 is 0 Å². The maximum absolute atomic E-state index is 12.5. The Labute approximate surface area is 147 Å². The number of aryl methyl sites for hydroxylation is 1. The van der Waals surface area contributed by atoms with Gasteiger partial charge in [-0.05, 0) is 26.0 Å². The molecule has 2 aromatic heterocycles. The molecule has 1 saturated heterocycles. The van der Waals surface area contributed by atoms with Crippen LogP contribution in [-0.2, 0) is 4.79 Å². The summed E-state index contributed by atoms with van der Waals surface area (Å²) in [6.45, 7) is 4.47. The second-order valence-corrected chi connectivity index (χ2v) is 7.10. The van der Waals surface area contributed by atoms with Crippen molar-refractivity contribution in [2.24, 2.45) is 0 Å². The number of amides is 3. The Morgan fingerprint density at radius 1 is 1.32 bits per heavy atom.